The van der Waals surface area contributed by atoms with Crippen molar-refractivity contribution in [1.29, 1.82) is 0 Å². The van der Waals surface area contributed by atoms with E-state index in [1.165, 1.54) is 22.4 Å². The first kappa shape index (κ1) is 19.8. The maximum absolute atomic E-state index is 12.6. The molecule has 152 valence electrons. The molecular formula is C23H27N3O2S. The van der Waals surface area contributed by atoms with Gasteiger partial charge < -0.3 is 10.3 Å². The Morgan fingerprint density at radius 2 is 2.00 bits per heavy atom. The second-order valence-electron chi connectivity index (χ2n) is 7.84. The summed E-state index contributed by atoms with van der Waals surface area (Å²) in [6.45, 7) is 4.12. The molecule has 1 amide bonds. The molecule has 0 saturated heterocycles. The van der Waals surface area contributed by atoms with E-state index in [4.69, 9.17) is 0 Å². The van der Waals surface area contributed by atoms with E-state index in [1.807, 2.05) is 0 Å². The number of fused-ring (bicyclic) bond motifs is 3. The number of rotatable bonds is 6. The molecule has 1 unspecified atom stereocenters. The number of aromatic nitrogens is 2. The highest BCUT2D eigenvalue weighted by molar-refractivity contribution is 7.18. The van der Waals surface area contributed by atoms with Crippen molar-refractivity contribution in [3.63, 3.8) is 0 Å². The van der Waals surface area contributed by atoms with Crippen molar-refractivity contribution in [2.24, 2.45) is 0 Å². The molecule has 0 bridgehead atoms. The van der Waals surface area contributed by atoms with Gasteiger partial charge >= 0.3 is 0 Å². The van der Waals surface area contributed by atoms with E-state index in [-0.39, 0.29) is 17.5 Å². The number of aromatic amines is 1. The zero-order valence-corrected chi connectivity index (χ0v) is 17.8. The molecular weight excluding hydrogens is 382 g/mol. The van der Waals surface area contributed by atoms with E-state index in [1.54, 1.807) is 11.3 Å². The number of nitrogens with one attached hydrogen (secondary N) is 2. The number of amides is 1. The number of hydrogen-bond donors (Lipinski definition) is 2. The second-order valence-corrected chi connectivity index (χ2v) is 8.93. The number of benzene rings is 1. The Labute approximate surface area is 174 Å². The molecule has 0 fully saturated rings. The van der Waals surface area contributed by atoms with Crippen molar-refractivity contribution in [2.45, 2.75) is 64.8 Å². The summed E-state index contributed by atoms with van der Waals surface area (Å²) in [6.07, 6.45) is 5.91. The van der Waals surface area contributed by atoms with Gasteiger partial charge in [0.1, 0.15) is 10.7 Å². The summed E-state index contributed by atoms with van der Waals surface area (Å²) in [5.41, 5.74) is 3.45. The number of hydrogen-bond acceptors (Lipinski definition) is 4. The summed E-state index contributed by atoms with van der Waals surface area (Å²) in [6, 6.07) is 8.26. The third kappa shape index (κ3) is 4.27. The fourth-order valence-corrected chi connectivity index (χ4v) is 5.33. The first-order chi connectivity index (χ1) is 14.0. The molecule has 2 aromatic heterocycles. The van der Waals surface area contributed by atoms with Gasteiger partial charge in [0, 0.05) is 17.7 Å². The largest absolute Gasteiger partial charge is 0.349 e. The molecule has 0 radical (unpaired) electrons. The van der Waals surface area contributed by atoms with Crippen LogP contribution in [-0.4, -0.2) is 15.9 Å². The number of thiophene rings is 1. The molecule has 2 N–H and O–H groups in total. The van der Waals surface area contributed by atoms with E-state index < -0.39 is 0 Å². The summed E-state index contributed by atoms with van der Waals surface area (Å²) in [5.74, 6) is 0.574. The minimum atomic E-state index is -0.0594. The summed E-state index contributed by atoms with van der Waals surface area (Å²) < 4.78 is 0. The van der Waals surface area contributed by atoms with E-state index >= 15 is 0 Å². The summed E-state index contributed by atoms with van der Waals surface area (Å²) in [4.78, 5) is 34.8. The lowest BCUT2D eigenvalue weighted by atomic mass is 9.97. The van der Waals surface area contributed by atoms with E-state index in [2.05, 4.69) is 53.4 Å². The first-order valence-corrected chi connectivity index (χ1v) is 11.3. The van der Waals surface area contributed by atoms with Gasteiger partial charge in [-0.2, -0.15) is 0 Å². The third-order valence-corrected chi connectivity index (χ3v) is 6.87. The van der Waals surface area contributed by atoms with Gasteiger partial charge in [-0.25, -0.2) is 4.98 Å². The number of carbonyl (C=O) groups excluding carboxylic acids is 1. The van der Waals surface area contributed by atoms with Crippen LogP contribution < -0.4 is 10.9 Å². The fraction of sp³-hybridized carbons (Fsp3) is 0.435. The van der Waals surface area contributed by atoms with Crippen LogP contribution in [0.4, 0.5) is 0 Å². The van der Waals surface area contributed by atoms with Crippen LogP contribution in [0.3, 0.4) is 0 Å². The molecule has 4 rings (SSSR count). The number of nitrogens with zero attached hydrogens (tertiary/aromatic N) is 1. The van der Waals surface area contributed by atoms with Gasteiger partial charge in [0.15, 0.2) is 0 Å². The average Bonchev–Trinajstić information content (AvgIpc) is 3.10. The van der Waals surface area contributed by atoms with Gasteiger partial charge in [0.2, 0.25) is 5.91 Å². The number of carbonyl (C=O) groups is 1. The summed E-state index contributed by atoms with van der Waals surface area (Å²) in [7, 11) is 0. The predicted octanol–water partition coefficient (Wildman–Crippen LogP) is 4.37. The van der Waals surface area contributed by atoms with Crippen LogP contribution >= 0.6 is 11.3 Å². The monoisotopic (exact) mass is 409 g/mol. The standard InChI is InChI=1S/C23H27N3O2S/c1-3-17(15-10-8-14(2)9-11-15)24-20(27)13-12-19-25-22(28)21-16-6-4-5-7-18(16)29-23(21)26-19/h8-11,17H,3-7,12-13H2,1-2H3,(H,24,27)(H,25,26,28). The van der Waals surface area contributed by atoms with Gasteiger partial charge in [-0.05, 0) is 50.2 Å². The molecule has 29 heavy (non-hydrogen) atoms. The molecule has 0 aliphatic heterocycles. The third-order valence-electron chi connectivity index (χ3n) is 5.69. The van der Waals surface area contributed by atoms with E-state index in [9.17, 15) is 9.59 Å². The van der Waals surface area contributed by atoms with Crippen molar-refractivity contribution < 1.29 is 4.79 Å². The minimum Gasteiger partial charge on any atom is -0.349 e. The normalized spacial score (nSPS) is 14.6. The van der Waals surface area contributed by atoms with Crippen LogP contribution in [0.25, 0.3) is 10.2 Å². The van der Waals surface area contributed by atoms with Crippen LogP contribution in [0.2, 0.25) is 0 Å². The van der Waals surface area contributed by atoms with Gasteiger partial charge in [0.25, 0.3) is 5.56 Å². The van der Waals surface area contributed by atoms with E-state index in [0.29, 0.717) is 18.7 Å². The number of aryl methyl sites for hydroxylation is 4. The highest BCUT2D eigenvalue weighted by atomic mass is 32.1. The Morgan fingerprint density at radius 3 is 2.76 bits per heavy atom. The molecule has 5 nitrogen and oxygen atoms in total. The van der Waals surface area contributed by atoms with Gasteiger partial charge in [0.05, 0.1) is 11.4 Å². The minimum absolute atomic E-state index is 0.00149. The zero-order valence-electron chi connectivity index (χ0n) is 17.0. The van der Waals surface area contributed by atoms with Crippen LogP contribution in [0.1, 0.15) is 66.0 Å². The van der Waals surface area contributed by atoms with Gasteiger partial charge in [-0.1, -0.05) is 36.8 Å². The average molecular weight is 410 g/mol. The van der Waals surface area contributed by atoms with Crippen molar-refractivity contribution in [2.75, 3.05) is 0 Å². The molecule has 1 aliphatic rings. The van der Waals surface area contributed by atoms with Crippen molar-refractivity contribution >= 4 is 27.5 Å². The SMILES string of the molecule is CCC(NC(=O)CCc1nc2sc3c(c2c(=O)[nH]1)CCCC3)c1ccc(C)cc1. The van der Waals surface area contributed by atoms with Crippen LogP contribution in [-0.2, 0) is 24.1 Å². The number of H-pyrrole nitrogens is 1. The Balaban J connectivity index is 1.44. The molecule has 2 heterocycles. The molecule has 1 atom stereocenters. The molecule has 3 aromatic rings. The highest BCUT2D eigenvalue weighted by Crippen LogP contribution is 2.33. The van der Waals surface area contributed by atoms with E-state index in [0.717, 1.165) is 41.5 Å². The Morgan fingerprint density at radius 1 is 1.24 bits per heavy atom. The molecule has 6 heteroatoms. The summed E-state index contributed by atoms with van der Waals surface area (Å²) in [5, 5.41) is 3.88. The van der Waals surface area contributed by atoms with Crippen LogP contribution in [0, 0.1) is 6.92 Å². The molecule has 0 spiro atoms. The molecule has 1 aliphatic carbocycles. The quantitative estimate of drug-likeness (QED) is 0.635. The van der Waals surface area contributed by atoms with Crippen LogP contribution in [0.5, 0.6) is 0 Å². The van der Waals surface area contributed by atoms with Crippen molar-refractivity contribution in [3.8, 4) is 0 Å². The van der Waals surface area contributed by atoms with Crippen LogP contribution in [0.15, 0.2) is 29.1 Å². The first-order valence-electron chi connectivity index (χ1n) is 10.4. The van der Waals surface area contributed by atoms with Crippen molar-refractivity contribution in [1.82, 2.24) is 15.3 Å². The Bertz CT molecular complexity index is 1080. The maximum atomic E-state index is 12.6. The lowest BCUT2D eigenvalue weighted by Gasteiger charge is -2.17. The van der Waals surface area contributed by atoms with Crippen molar-refractivity contribution in [3.05, 3.63) is 62.0 Å². The molecule has 0 saturated carbocycles. The Kier molecular flexibility index (Phi) is 5.81. The summed E-state index contributed by atoms with van der Waals surface area (Å²) >= 11 is 1.64. The maximum Gasteiger partial charge on any atom is 0.259 e. The Hall–Kier alpha value is -2.47. The lowest BCUT2D eigenvalue weighted by Crippen LogP contribution is -2.28. The smallest absolute Gasteiger partial charge is 0.259 e. The second kappa shape index (κ2) is 8.49. The topological polar surface area (TPSA) is 74.8 Å². The highest BCUT2D eigenvalue weighted by Gasteiger charge is 2.20. The predicted molar refractivity (Wildman–Crippen MR) is 118 cm³/mol. The molecule has 1 aromatic carbocycles. The lowest BCUT2D eigenvalue weighted by molar-refractivity contribution is -0.121. The zero-order chi connectivity index (χ0) is 20.4. The van der Waals surface area contributed by atoms with Gasteiger partial charge in [-0.15, -0.1) is 11.3 Å². The van der Waals surface area contributed by atoms with Gasteiger partial charge in [-0.3, -0.25) is 9.59 Å². The fourth-order valence-electron chi connectivity index (χ4n) is 4.05.